The van der Waals surface area contributed by atoms with E-state index in [-0.39, 0.29) is 0 Å². The summed E-state index contributed by atoms with van der Waals surface area (Å²) in [6.07, 6.45) is 3.86. The van der Waals surface area contributed by atoms with Crippen molar-refractivity contribution in [3.8, 4) is 0 Å². The highest BCUT2D eigenvalue weighted by atomic mass is 35.5. The first-order chi connectivity index (χ1) is 8.70. The Hall–Kier alpha value is -1.32. The van der Waals surface area contributed by atoms with Crippen molar-refractivity contribution in [1.29, 1.82) is 0 Å². The minimum Gasteiger partial charge on any atom is -0.313 e. The second-order valence-corrected chi connectivity index (χ2v) is 4.82. The zero-order valence-corrected chi connectivity index (χ0v) is 11.5. The fourth-order valence-corrected chi connectivity index (χ4v) is 2.34. The lowest BCUT2D eigenvalue weighted by Crippen LogP contribution is -2.17. The molecule has 18 heavy (non-hydrogen) atoms. The highest BCUT2D eigenvalue weighted by Gasteiger charge is 2.10. The molecule has 0 amide bonds. The third-order valence-corrected chi connectivity index (χ3v) is 3.45. The molecule has 1 N–H and O–H groups in total. The first-order valence-corrected chi connectivity index (χ1v) is 6.48. The maximum atomic E-state index is 6.03. The SMILES string of the molecule is CNC(CCc1ccnn1C)c1cccc(Cl)c1. The molecule has 1 aromatic heterocycles. The normalized spacial score (nSPS) is 12.6. The number of aryl methyl sites for hydroxylation is 2. The number of halogens is 1. The van der Waals surface area contributed by atoms with Crippen molar-refractivity contribution in [2.24, 2.45) is 7.05 Å². The van der Waals surface area contributed by atoms with Gasteiger partial charge in [0, 0.05) is 30.0 Å². The summed E-state index contributed by atoms with van der Waals surface area (Å²) in [7, 11) is 3.96. The Labute approximate surface area is 113 Å². The molecule has 1 heterocycles. The van der Waals surface area contributed by atoms with Gasteiger partial charge in [0.25, 0.3) is 0 Å². The molecule has 0 bridgehead atoms. The molecular weight excluding hydrogens is 246 g/mol. The molecule has 1 aromatic carbocycles. The van der Waals surface area contributed by atoms with Gasteiger partial charge in [0.15, 0.2) is 0 Å². The molecule has 0 spiro atoms. The maximum absolute atomic E-state index is 6.03. The number of hydrogen-bond donors (Lipinski definition) is 1. The van der Waals surface area contributed by atoms with Crippen molar-refractivity contribution in [3.05, 3.63) is 52.8 Å². The van der Waals surface area contributed by atoms with Gasteiger partial charge in [-0.2, -0.15) is 5.10 Å². The lowest BCUT2D eigenvalue weighted by Gasteiger charge is -2.16. The fourth-order valence-electron chi connectivity index (χ4n) is 2.14. The maximum Gasteiger partial charge on any atom is 0.0492 e. The summed E-state index contributed by atoms with van der Waals surface area (Å²) in [5.74, 6) is 0. The molecule has 0 radical (unpaired) electrons. The molecule has 0 saturated heterocycles. The van der Waals surface area contributed by atoms with Gasteiger partial charge in [-0.25, -0.2) is 0 Å². The van der Waals surface area contributed by atoms with Crippen molar-refractivity contribution >= 4 is 11.6 Å². The van der Waals surface area contributed by atoms with Gasteiger partial charge in [-0.1, -0.05) is 23.7 Å². The van der Waals surface area contributed by atoms with Crippen LogP contribution in [0.5, 0.6) is 0 Å². The molecule has 4 heteroatoms. The van der Waals surface area contributed by atoms with Gasteiger partial charge in [-0.05, 0) is 43.7 Å². The van der Waals surface area contributed by atoms with Crippen LogP contribution in [0.2, 0.25) is 5.02 Å². The van der Waals surface area contributed by atoms with Gasteiger partial charge in [0.05, 0.1) is 0 Å². The average molecular weight is 264 g/mol. The summed E-state index contributed by atoms with van der Waals surface area (Å²) in [6, 6.07) is 10.4. The van der Waals surface area contributed by atoms with E-state index in [2.05, 4.69) is 22.5 Å². The van der Waals surface area contributed by atoms with Gasteiger partial charge < -0.3 is 5.32 Å². The first-order valence-electron chi connectivity index (χ1n) is 6.10. The number of hydrogen-bond acceptors (Lipinski definition) is 2. The van der Waals surface area contributed by atoms with E-state index in [9.17, 15) is 0 Å². The summed E-state index contributed by atoms with van der Waals surface area (Å²) in [5.41, 5.74) is 2.48. The van der Waals surface area contributed by atoms with Crippen molar-refractivity contribution < 1.29 is 0 Å². The second kappa shape index (κ2) is 6.03. The molecule has 3 nitrogen and oxygen atoms in total. The Morgan fingerprint density at radius 2 is 2.22 bits per heavy atom. The summed E-state index contributed by atoms with van der Waals surface area (Å²) in [5, 5.41) is 8.31. The number of rotatable bonds is 5. The van der Waals surface area contributed by atoms with Gasteiger partial charge >= 0.3 is 0 Å². The van der Waals surface area contributed by atoms with Gasteiger partial charge in [0.1, 0.15) is 0 Å². The first kappa shape index (κ1) is 13.1. The van der Waals surface area contributed by atoms with E-state index >= 15 is 0 Å². The molecular formula is C14H18ClN3. The summed E-state index contributed by atoms with van der Waals surface area (Å²) in [4.78, 5) is 0. The Morgan fingerprint density at radius 3 is 2.83 bits per heavy atom. The number of benzene rings is 1. The number of nitrogens with one attached hydrogen (secondary N) is 1. The lowest BCUT2D eigenvalue weighted by molar-refractivity contribution is 0.536. The summed E-state index contributed by atoms with van der Waals surface area (Å²) in [6.45, 7) is 0. The predicted molar refractivity (Wildman–Crippen MR) is 74.8 cm³/mol. The van der Waals surface area contributed by atoms with E-state index in [1.54, 1.807) is 0 Å². The molecule has 0 aliphatic carbocycles. The van der Waals surface area contributed by atoms with Crippen molar-refractivity contribution in [3.63, 3.8) is 0 Å². The van der Waals surface area contributed by atoms with Crippen LogP contribution >= 0.6 is 11.6 Å². The molecule has 1 atom stereocenters. The fraction of sp³-hybridized carbons (Fsp3) is 0.357. The van der Waals surface area contributed by atoms with E-state index in [1.165, 1.54) is 11.3 Å². The van der Waals surface area contributed by atoms with Crippen LogP contribution < -0.4 is 5.32 Å². The van der Waals surface area contributed by atoms with Crippen LogP contribution in [0.1, 0.15) is 23.7 Å². The van der Waals surface area contributed by atoms with Gasteiger partial charge in [0.2, 0.25) is 0 Å². The summed E-state index contributed by atoms with van der Waals surface area (Å²) < 4.78 is 1.92. The molecule has 2 aromatic rings. The molecule has 0 saturated carbocycles. The smallest absolute Gasteiger partial charge is 0.0492 e. The van der Waals surface area contributed by atoms with Crippen LogP contribution in [0.3, 0.4) is 0 Å². The minimum absolute atomic E-state index is 0.318. The van der Waals surface area contributed by atoms with Gasteiger partial charge in [-0.15, -0.1) is 0 Å². The third kappa shape index (κ3) is 3.12. The van der Waals surface area contributed by atoms with Crippen LogP contribution in [0.4, 0.5) is 0 Å². The van der Waals surface area contributed by atoms with Crippen molar-refractivity contribution in [2.45, 2.75) is 18.9 Å². The monoisotopic (exact) mass is 263 g/mol. The van der Waals surface area contributed by atoms with Crippen LogP contribution in [-0.2, 0) is 13.5 Å². The standard InChI is InChI=1S/C14H18ClN3/c1-16-14(11-4-3-5-12(15)10-11)7-6-13-8-9-17-18(13)2/h3-5,8-10,14,16H,6-7H2,1-2H3. The number of aromatic nitrogens is 2. The van der Waals surface area contributed by atoms with E-state index < -0.39 is 0 Å². The largest absolute Gasteiger partial charge is 0.313 e. The van der Waals surface area contributed by atoms with E-state index in [0.717, 1.165) is 17.9 Å². The zero-order chi connectivity index (χ0) is 13.0. The van der Waals surface area contributed by atoms with E-state index in [0.29, 0.717) is 6.04 Å². The Morgan fingerprint density at radius 1 is 1.39 bits per heavy atom. The van der Waals surface area contributed by atoms with Crippen LogP contribution in [-0.4, -0.2) is 16.8 Å². The highest BCUT2D eigenvalue weighted by molar-refractivity contribution is 6.30. The molecule has 1 unspecified atom stereocenters. The zero-order valence-electron chi connectivity index (χ0n) is 10.7. The molecule has 0 fully saturated rings. The van der Waals surface area contributed by atoms with Gasteiger partial charge in [-0.3, -0.25) is 4.68 Å². The molecule has 2 rings (SSSR count). The minimum atomic E-state index is 0.318. The Bertz CT molecular complexity index is 507. The van der Waals surface area contributed by atoms with E-state index in [1.807, 2.05) is 43.2 Å². The Kier molecular flexibility index (Phi) is 4.39. The quantitative estimate of drug-likeness (QED) is 0.899. The lowest BCUT2D eigenvalue weighted by atomic mass is 10.0. The van der Waals surface area contributed by atoms with Crippen LogP contribution in [0.15, 0.2) is 36.5 Å². The molecule has 0 aliphatic rings. The highest BCUT2D eigenvalue weighted by Crippen LogP contribution is 2.21. The Balaban J connectivity index is 2.04. The molecule has 96 valence electrons. The van der Waals surface area contributed by atoms with Crippen LogP contribution in [0, 0.1) is 0 Å². The number of nitrogens with zero attached hydrogens (tertiary/aromatic N) is 2. The predicted octanol–water partition coefficient (Wildman–Crippen LogP) is 2.97. The van der Waals surface area contributed by atoms with E-state index in [4.69, 9.17) is 11.6 Å². The second-order valence-electron chi connectivity index (χ2n) is 4.38. The topological polar surface area (TPSA) is 29.9 Å². The molecule has 0 aliphatic heterocycles. The average Bonchev–Trinajstić information content (AvgIpc) is 2.76. The van der Waals surface area contributed by atoms with Crippen molar-refractivity contribution in [2.75, 3.05) is 7.05 Å². The van der Waals surface area contributed by atoms with Crippen LogP contribution in [0.25, 0.3) is 0 Å². The summed E-state index contributed by atoms with van der Waals surface area (Å²) >= 11 is 6.03. The van der Waals surface area contributed by atoms with Crippen molar-refractivity contribution in [1.82, 2.24) is 15.1 Å². The third-order valence-electron chi connectivity index (χ3n) is 3.21.